The molecular formula is C40H41N3O9. The van der Waals surface area contributed by atoms with Gasteiger partial charge in [0, 0.05) is 18.9 Å². The molecule has 4 aromatic carbocycles. The zero-order chi connectivity index (χ0) is 36.5. The first-order chi connectivity index (χ1) is 25.4. The molecule has 1 aromatic heterocycles. The fourth-order valence-corrected chi connectivity index (χ4v) is 6.26. The van der Waals surface area contributed by atoms with Crippen LogP contribution in [0.25, 0.3) is 0 Å². The van der Waals surface area contributed by atoms with E-state index in [4.69, 9.17) is 28.4 Å². The maximum Gasteiger partial charge on any atom is 0.351 e. The third kappa shape index (κ3) is 7.76. The van der Waals surface area contributed by atoms with Gasteiger partial charge in [0.2, 0.25) is 0 Å². The summed E-state index contributed by atoms with van der Waals surface area (Å²) in [5.41, 5.74) is 0.965. The molecule has 4 atom stereocenters. The van der Waals surface area contributed by atoms with Gasteiger partial charge in [0.15, 0.2) is 6.23 Å². The Morgan fingerprint density at radius 1 is 0.808 bits per heavy atom. The van der Waals surface area contributed by atoms with Gasteiger partial charge in [0.05, 0.1) is 34.0 Å². The number of carbonyl (C=O) groups is 1. The molecular weight excluding hydrogens is 666 g/mol. The van der Waals surface area contributed by atoms with Gasteiger partial charge in [-0.15, -0.1) is 0 Å². The molecule has 0 aliphatic carbocycles. The van der Waals surface area contributed by atoms with Gasteiger partial charge in [-0.2, -0.15) is 4.98 Å². The van der Waals surface area contributed by atoms with Gasteiger partial charge >= 0.3 is 5.69 Å². The van der Waals surface area contributed by atoms with Crippen LogP contribution >= 0.6 is 0 Å². The molecule has 12 heteroatoms. The van der Waals surface area contributed by atoms with Gasteiger partial charge in [-0.3, -0.25) is 9.36 Å². The Labute approximate surface area is 301 Å². The van der Waals surface area contributed by atoms with Crippen LogP contribution in [0.3, 0.4) is 0 Å². The number of amides is 1. The fraction of sp³-hybridized carbons (Fsp3) is 0.275. The number of hydrogen-bond donors (Lipinski definition) is 2. The third-order valence-corrected chi connectivity index (χ3v) is 8.93. The van der Waals surface area contributed by atoms with Crippen molar-refractivity contribution in [2.45, 2.75) is 30.1 Å². The SMILES string of the molecule is COCCO[C@@H]1[C@H](O)[C@@H](COC(c2ccccc2)(c2ccc(OC)cc2)c2ccc(OC)cc2)O[C@@H]1n1ccc(NC(=O)c2ccccc2)nc1=O. The quantitative estimate of drug-likeness (QED) is 0.115. The van der Waals surface area contributed by atoms with Crippen LogP contribution < -0.4 is 20.5 Å². The summed E-state index contributed by atoms with van der Waals surface area (Å²) in [6.07, 6.45) is -2.77. The van der Waals surface area contributed by atoms with E-state index in [2.05, 4.69) is 10.3 Å². The van der Waals surface area contributed by atoms with Crippen LogP contribution in [0.2, 0.25) is 0 Å². The molecule has 0 bridgehead atoms. The lowest BCUT2D eigenvalue weighted by Crippen LogP contribution is -2.41. The zero-order valence-corrected chi connectivity index (χ0v) is 29.1. The van der Waals surface area contributed by atoms with E-state index in [9.17, 15) is 14.7 Å². The molecule has 0 saturated carbocycles. The molecule has 1 aliphatic heterocycles. The molecule has 0 unspecified atom stereocenters. The largest absolute Gasteiger partial charge is 0.497 e. The Morgan fingerprint density at radius 3 is 1.94 bits per heavy atom. The number of nitrogens with zero attached hydrogens (tertiary/aromatic N) is 2. The second-order valence-corrected chi connectivity index (χ2v) is 12.0. The minimum atomic E-state index is -1.22. The molecule has 2 heterocycles. The van der Waals surface area contributed by atoms with Crippen LogP contribution in [-0.2, 0) is 24.5 Å². The number of hydrogen-bond acceptors (Lipinski definition) is 10. The van der Waals surface area contributed by atoms with E-state index in [0.717, 1.165) is 16.7 Å². The van der Waals surface area contributed by atoms with E-state index >= 15 is 0 Å². The minimum Gasteiger partial charge on any atom is -0.497 e. The lowest BCUT2D eigenvalue weighted by atomic mass is 9.80. The van der Waals surface area contributed by atoms with Crippen LogP contribution in [0.1, 0.15) is 33.3 Å². The van der Waals surface area contributed by atoms with Gasteiger partial charge in [0.1, 0.15) is 41.2 Å². The summed E-state index contributed by atoms with van der Waals surface area (Å²) >= 11 is 0. The Morgan fingerprint density at radius 2 is 1.38 bits per heavy atom. The van der Waals surface area contributed by atoms with Crippen molar-refractivity contribution in [1.82, 2.24) is 9.55 Å². The Hall–Kier alpha value is -5.37. The summed E-state index contributed by atoms with van der Waals surface area (Å²) in [7, 11) is 4.75. The van der Waals surface area contributed by atoms with Crippen LogP contribution in [0, 0.1) is 0 Å². The number of methoxy groups -OCH3 is 3. The number of aromatic nitrogens is 2. The summed E-state index contributed by atoms with van der Waals surface area (Å²) in [4.78, 5) is 30.2. The van der Waals surface area contributed by atoms with Crippen molar-refractivity contribution < 1.29 is 38.3 Å². The van der Waals surface area contributed by atoms with E-state index < -0.39 is 41.7 Å². The monoisotopic (exact) mass is 707 g/mol. The van der Waals surface area contributed by atoms with E-state index in [0.29, 0.717) is 17.1 Å². The van der Waals surface area contributed by atoms with E-state index in [1.54, 1.807) is 44.6 Å². The molecule has 5 aromatic rings. The molecule has 2 N–H and O–H groups in total. The lowest BCUT2D eigenvalue weighted by molar-refractivity contribution is -0.0993. The maximum absolute atomic E-state index is 13.4. The topological polar surface area (TPSA) is 140 Å². The number of aliphatic hydroxyl groups is 1. The highest BCUT2D eigenvalue weighted by atomic mass is 16.6. The molecule has 6 rings (SSSR count). The molecule has 1 amide bonds. The van der Waals surface area contributed by atoms with Crippen LogP contribution in [0.4, 0.5) is 5.82 Å². The van der Waals surface area contributed by atoms with Crippen molar-refractivity contribution >= 4 is 11.7 Å². The molecule has 0 radical (unpaired) electrons. The van der Waals surface area contributed by atoms with Gasteiger partial charge in [-0.1, -0.05) is 72.8 Å². The molecule has 52 heavy (non-hydrogen) atoms. The Balaban J connectivity index is 1.33. The van der Waals surface area contributed by atoms with Crippen molar-refractivity contribution in [3.8, 4) is 11.5 Å². The predicted molar refractivity (Wildman–Crippen MR) is 193 cm³/mol. The second kappa shape index (κ2) is 16.8. The summed E-state index contributed by atoms with van der Waals surface area (Å²) < 4.78 is 36.8. The van der Waals surface area contributed by atoms with Crippen LogP contribution in [0.15, 0.2) is 126 Å². The van der Waals surface area contributed by atoms with E-state index in [-0.39, 0.29) is 25.6 Å². The molecule has 1 fully saturated rings. The minimum absolute atomic E-state index is 0.0667. The number of aliphatic hydroxyl groups excluding tert-OH is 1. The average molecular weight is 708 g/mol. The lowest BCUT2D eigenvalue weighted by Gasteiger charge is -2.37. The van der Waals surface area contributed by atoms with Crippen molar-refractivity contribution in [1.29, 1.82) is 0 Å². The molecule has 270 valence electrons. The molecule has 1 saturated heterocycles. The maximum atomic E-state index is 13.4. The number of anilines is 1. The highest BCUT2D eigenvalue weighted by Gasteiger charge is 2.48. The Kier molecular flexibility index (Phi) is 11.7. The van der Waals surface area contributed by atoms with Gasteiger partial charge in [0.25, 0.3) is 5.91 Å². The van der Waals surface area contributed by atoms with Gasteiger partial charge < -0.3 is 38.8 Å². The molecule has 1 aliphatic rings. The van der Waals surface area contributed by atoms with E-state index in [1.165, 1.54) is 23.9 Å². The van der Waals surface area contributed by atoms with Crippen molar-refractivity contribution in [2.24, 2.45) is 0 Å². The number of nitrogens with one attached hydrogen (secondary N) is 1. The summed E-state index contributed by atoms with van der Waals surface area (Å²) in [5.74, 6) is 1.01. The number of benzene rings is 4. The molecule has 0 spiro atoms. The van der Waals surface area contributed by atoms with Crippen molar-refractivity contribution in [3.05, 3.63) is 154 Å². The highest BCUT2D eigenvalue weighted by molar-refractivity contribution is 6.03. The van der Waals surface area contributed by atoms with Gasteiger partial charge in [-0.25, -0.2) is 4.79 Å². The van der Waals surface area contributed by atoms with Crippen LogP contribution in [-0.4, -0.2) is 80.0 Å². The summed E-state index contributed by atoms with van der Waals surface area (Å²) in [6, 6.07) is 35.0. The summed E-state index contributed by atoms with van der Waals surface area (Å²) in [5, 5.41) is 14.4. The fourth-order valence-electron chi connectivity index (χ4n) is 6.26. The smallest absolute Gasteiger partial charge is 0.351 e. The average Bonchev–Trinajstić information content (AvgIpc) is 3.50. The first kappa shape index (κ1) is 36.4. The first-order valence-corrected chi connectivity index (χ1v) is 16.8. The van der Waals surface area contributed by atoms with Crippen molar-refractivity contribution in [2.75, 3.05) is 46.5 Å². The Bertz CT molecular complexity index is 1910. The van der Waals surface area contributed by atoms with Crippen LogP contribution in [0.5, 0.6) is 11.5 Å². The summed E-state index contributed by atoms with van der Waals surface area (Å²) in [6.45, 7) is 0.271. The third-order valence-electron chi connectivity index (χ3n) is 8.93. The number of ether oxygens (including phenoxy) is 6. The van der Waals surface area contributed by atoms with Gasteiger partial charge in [-0.05, 0) is 59.2 Å². The number of carbonyl (C=O) groups excluding carboxylic acids is 1. The van der Waals surface area contributed by atoms with E-state index in [1.807, 2.05) is 78.9 Å². The first-order valence-electron chi connectivity index (χ1n) is 16.8. The normalized spacial score (nSPS) is 18.5. The predicted octanol–water partition coefficient (Wildman–Crippen LogP) is 4.81. The standard InChI is InChI=1S/C40H41N3O9/c1-47-24-25-50-36-35(44)33(52-38(36)43-23-22-34(42-39(43)46)41-37(45)27-10-6-4-7-11-27)26-51-40(28-12-8-5-9-13-28,29-14-18-31(48-2)19-15-29)30-16-20-32(49-3)21-17-30/h4-23,33,35-36,38,44H,24-26H2,1-3H3,(H,41,42,45,46)/t33-,35-,36-,38+/m1/s1. The second-order valence-electron chi connectivity index (χ2n) is 12.0. The highest BCUT2D eigenvalue weighted by Crippen LogP contribution is 2.43. The van der Waals surface area contributed by atoms with Crippen molar-refractivity contribution in [3.63, 3.8) is 0 Å². The molecule has 12 nitrogen and oxygen atoms in total. The zero-order valence-electron chi connectivity index (χ0n) is 29.1. The number of rotatable bonds is 15.